The zero-order valence-corrected chi connectivity index (χ0v) is 16.2. The summed E-state index contributed by atoms with van der Waals surface area (Å²) in [4.78, 5) is -2.29. The fourth-order valence-electron chi connectivity index (χ4n) is 2.53. The van der Waals surface area contributed by atoms with E-state index in [2.05, 4.69) is 4.18 Å². The van der Waals surface area contributed by atoms with Crippen molar-refractivity contribution < 1.29 is 52.8 Å². The Morgan fingerprint density at radius 1 is 1.07 bits per heavy atom. The topological polar surface area (TPSA) is 61.8 Å². The number of alkyl halides is 3. The van der Waals surface area contributed by atoms with E-state index in [0.717, 1.165) is 6.92 Å². The van der Waals surface area contributed by atoms with Gasteiger partial charge >= 0.3 is 16.3 Å². The van der Waals surface area contributed by atoms with Crippen molar-refractivity contribution >= 4 is 10.1 Å². The van der Waals surface area contributed by atoms with Crippen molar-refractivity contribution in [3.63, 3.8) is 0 Å². The van der Waals surface area contributed by atoms with E-state index >= 15 is 0 Å². The van der Waals surface area contributed by atoms with E-state index in [1.54, 1.807) is 6.92 Å². The van der Waals surface area contributed by atoms with Crippen LogP contribution in [0.15, 0.2) is 4.90 Å². The lowest BCUT2D eigenvalue weighted by Crippen LogP contribution is -2.47. The molecule has 0 saturated carbocycles. The number of hydrogen-bond acceptors (Lipinski definition) is 5. The van der Waals surface area contributed by atoms with E-state index in [0.29, 0.717) is 6.92 Å². The minimum absolute atomic E-state index is 0.00542. The highest BCUT2D eigenvalue weighted by molar-refractivity contribution is 7.86. The van der Waals surface area contributed by atoms with Crippen molar-refractivity contribution in [3.05, 3.63) is 28.8 Å². The molecule has 1 aliphatic rings. The predicted molar refractivity (Wildman–Crippen MR) is 83.2 cm³/mol. The van der Waals surface area contributed by atoms with Gasteiger partial charge in [0.05, 0.1) is 13.2 Å². The largest absolute Gasteiger partial charge is 0.416 e. The molecule has 1 heterocycles. The van der Waals surface area contributed by atoms with Gasteiger partial charge in [-0.1, -0.05) is 6.92 Å². The fraction of sp³-hybridized carbons (Fsp3) is 0.625. The maximum atomic E-state index is 14.0. The molecule has 0 amide bonds. The Kier molecular flexibility index (Phi) is 6.58. The van der Waals surface area contributed by atoms with Gasteiger partial charge in [-0.05, 0) is 13.8 Å². The van der Waals surface area contributed by atoms with Crippen LogP contribution in [0.3, 0.4) is 0 Å². The molecule has 1 atom stereocenters. The zero-order valence-electron chi connectivity index (χ0n) is 15.4. The van der Waals surface area contributed by atoms with E-state index < -0.39 is 68.3 Å². The number of halogens is 7. The van der Waals surface area contributed by atoms with Gasteiger partial charge in [-0.3, -0.25) is 4.18 Å². The number of rotatable bonds is 5. The lowest BCUT2D eigenvalue weighted by atomic mass is 10.1. The molecule has 1 aromatic carbocycles. The third-order valence-electron chi connectivity index (χ3n) is 4.20. The maximum absolute atomic E-state index is 14.0. The van der Waals surface area contributed by atoms with Crippen molar-refractivity contribution in [3.8, 4) is 0 Å². The lowest BCUT2D eigenvalue weighted by Gasteiger charge is -2.38. The summed E-state index contributed by atoms with van der Waals surface area (Å²) in [7, 11) is -5.92. The average molecular weight is 454 g/mol. The van der Waals surface area contributed by atoms with E-state index in [4.69, 9.17) is 9.47 Å². The first kappa shape index (κ1) is 23.8. The third-order valence-corrected chi connectivity index (χ3v) is 5.55. The summed E-state index contributed by atoms with van der Waals surface area (Å²) < 4.78 is 134. The lowest BCUT2D eigenvalue weighted by molar-refractivity contribution is -0.298. The van der Waals surface area contributed by atoms with Crippen LogP contribution in [0.1, 0.15) is 25.8 Å². The van der Waals surface area contributed by atoms with Gasteiger partial charge in [0.15, 0.2) is 40.1 Å². The number of benzene rings is 1. The summed E-state index contributed by atoms with van der Waals surface area (Å²) in [6.07, 6.45) is -9.74. The van der Waals surface area contributed by atoms with Crippen molar-refractivity contribution in [2.45, 2.75) is 50.2 Å². The molecule has 0 spiro atoms. The molecule has 0 radical (unpaired) electrons. The van der Waals surface area contributed by atoms with Gasteiger partial charge in [-0.25, -0.2) is 17.6 Å². The Morgan fingerprint density at radius 2 is 1.52 bits per heavy atom. The molecular formula is C16H17F7O5S. The van der Waals surface area contributed by atoms with Gasteiger partial charge in [-0.2, -0.15) is 21.6 Å². The van der Waals surface area contributed by atoms with Crippen molar-refractivity contribution in [2.24, 2.45) is 5.92 Å². The smallest absolute Gasteiger partial charge is 0.350 e. The minimum atomic E-state index is -5.92. The van der Waals surface area contributed by atoms with Crippen LogP contribution >= 0.6 is 0 Å². The molecule has 1 aliphatic heterocycles. The first-order valence-corrected chi connectivity index (χ1v) is 9.60. The van der Waals surface area contributed by atoms with Crippen LogP contribution in [-0.4, -0.2) is 39.7 Å². The molecule has 1 unspecified atom stereocenters. The monoisotopic (exact) mass is 454 g/mol. The molecule has 29 heavy (non-hydrogen) atoms. The molecule has 2 rings (SSSR count). The summed E-state index contributed by atoms with van der Waals surface area (Å²) >= 11 is 0. The summed E-state index contributed by atoms with van der Waals surface area (Å²) in [5.74, 6) is -11.0. The highest BCUT2D eigenvalue weighted by atomic mass is 32.2. The van der Waals surface area contributed by atoms with Gasteiger partial charge in [0.1, 0.15) is 0 Å². The zero-order chi connectivity index (χ0) is 22.4. The number of ether oxygens (including phenoxy) is 2. The second-order valence-electron chi connectivity index (χ2n) is 6.86. The molecule has 0 N–H and O–H groups in total. The van der Waals surface area contributed by atoms with Gasteiger partial charge in [0.25, 0.3) is 0 Å². The molecule has 1 aromatic rings. The van der Waals surface area contributed by atoms with Gasteiger partial charge < -0.3 is 9.47 Å². The SMILES string of the molecule is Cc1c(F)c(F)c(S(=O)(=O)OC(CC2(C)OCC(C)CO2)C(F)(F)F)c(F)c1F. The molecule has 5 nitrogen and oxygen atoms in total. The predicted octanol–water partition coefficient (Wildman–Crippen LogP) is 3.98. The minimum Gasteiger partial charge on any atom is -0.350 e. The molecule has 0 bridgehead atoms. The van der Waals surface area contributed by atoms with E-state index in [1.807, 2.05) is 0 Å². The molecule has 0 aromatic heterocycles. The van der Waals surface area contributed by atoms with Gasteiger partial charge in [-0.15, -0.1) is 0 Å². The quantitative estimate of drug-likeness (QED) is 0.383. The van der Waals surface area contributed by atoms with Gasteiger partial charge in [0, 0.05) is 17.9 Å². The second-order valence-corrected chi connectivity index (χ2v) is 8.36. The van der Waals surface area contributed by atoms with Crippen LogP contribution < -0.4 is 0 Å². The van der Waals surface area contributed by atoms with Crippen molar-refractivity contribution in [1.29, 1.82) is 0 Å². The van der Waals surface area contributed by atoms with E-state index in [-0.39, 0.29) is 19.1 Å². The van der Waals surface area contributed by atoms with Crippen LogP contribution in [0.25, 0.3) is 0 Å². The molecule has 13 heteroatoms. The highest BCUT2D eigenvalue weighted by Gasteiger charge is 2.50. The van der Waals surface area contributed by atoms with Crippen LogP contribution in [0, 0.1) is 36.1 Å². The summed E-state index contributed by atoms with van der Waals surface area (Å²) in [6.45, 7) is 3.41. The molecule has 1 fully saturated rings. The Labute approximate surface area is 161 Å². The Bertz CT molecular complexity index is 848. The van der Waals surface area contributed by atoms with Crippen molar-refractivity contribution in [2.75, 3.05) is 13.2 Å². The Morgan fingerprint density at radius 3 is 1.93 bits per heavy atom. The first-order chi connectivity index (χ1) is 13.1. The van der Waals surface area contributed by atoms with Crippen LogP contribution in [-0.2, 0) is 23.8 Å². The second kappa shape index (κ2) is 8.00. The summed E-state index contributed by atoms with van der Waals surface area (Å²) in [5.41, 5.74) is -1.18. The van der Waals surface area contributed by atoms with Crippen LogP contribution in [0.5, 0.6) is 0 Å². The molecule has 1 saturated heterocycles. The normalized spacial score (nSPS) is 24.6. The van der Waals surface area contributed by atoms with E-state index in [9.17, 15) is 39.2 Å². The summed E-state index contributed by atoms with van der Waals surface area (Å²) in [6, 6.07) is 0. The van der Waals surface area contributed by atoms with Crippen molar-refractivity contribution in [1.82, 2.24) is 0 Å². The average Bonchev–Trinajstić information content (AvgIpc) is 2.59. The van der Waals surface area contributed by atoms with Crippen LogP contribution in [0.4, 0.5) is 30.7 Å². The fourth-order valence-corrected chi connectivity index (χ4v) is 3.72. The standard InChI is InChI=1S/C16H17F7O5S/c1-7-5-26-15(3,27-6-7)4-9(16(21,22)23)28-29(24,25)14-12(19)10(17)8(2)11(18)13(14)20/h7,9H,4-6H2,1-3H3. The molecular weight excluding hydrogens is 437 g/mol. The first-order valence-electron chi connectivity index (χ1n) is 8.19. The molecule has 166 valence electrons. The number of hydrogen-bond donors (Lipinski definition) is 0. The summed E-state index contributed by atoms with van der Waals surface area (Å²) in [5, 5.41) is 0. The highest BCUT2D eigenvalue weighted by Crippen LogP contribution is 2.37. The van der Waals surface area contributed by atoms with E-state index in [1.165, 1.54) is 0 Å². The molecule has 0 aliphatic carbocycles. The Hall–Kier alpha value is -1.44. The van der Waals surface area contributed by atoms with Gasteiger partial charge in [0.2, 0.25) is 0 Å². The van der Waals surface area contributed by atoms with Crippen LogP contribution in [0.2, 0.25) is 0 Å². The third kappa shape index (κ3) is 5.01. The Balaban J connectivity index is 2.42. The maximum Gasteiger partial charge on any atom is 0.416 e.